The fourth-order valence-electron chi connectivity index (χ4n) is 0.658. The van der Waals surface area contributed by atoms with Crippen LogP contribution in [-0.2, 0) is 9.53 Å². The number of hydrogen-bond donors (Lipinski definition) is 1. The molecule has 0 aromatic rings. The van der Waals surface area contributed by atoms with E-state index in [2.05, 4.69) is 0 Å². The van der Waals surface area contributed by atoms with Crippen molar-refractivity contribution in [2.24, 2.45) is 0 Å². The topological polar surface area (TPSA) is 66.8 Å². The fourth-order valence-corrected chi connectivity index (χ4v) is 0.658. The maximum absolute atomic E-state index is 11.3. The van der Waals surface area contributed by atoms with E-state index in [1.54, 1.807) is 20.8 Å². The van der Waals surface area contributed by atoms with E-state index in [1.807, 2.05) is 0 Å². The monoisotopic (exact) mass is 205 g/mol. The summed E-state index contributed by atoms with van der Waals surface area (Å²) in [6, 6.07) is -0.884. The second-order valence-corrected chi connectivity index (χ2v) is 4.11. The summed E-state index contributed by atoms with van der Waals surface area (Å²) in [7, 11) is 1.40. The van der Waals surface area contributed by atoms with Crippen LogP contribution in [0.25, 0.3) is 0 Å². The minimum absolute atomic E-state index is 0. The summed E-state index contributed by atoms with van der Waals surface area (Å²) >= 11 is 0. The lowest BCUT2D eigenvalue weighted by atomic mass is 10.2. The van der Waals surface area contributed by atoms with Crippen molar-refractivity contribution < 1.29 is 20.9 Å². The average Bonchev–Trinajstić information content (AvgIpc) is 1.98. The molecule has 14 heavy (non-hydrogen) atoms. The van der Waals surface area contributed by atoms with E-state index >= 15 is 0 Å². The Bertz CT molecular complexity index is 237. The van der Waals surface area contributed by atoms with Crippen LogP contribution in [0, 0.1) is 0 Å². The smallest absolute Gasteiger partial charge is 0.410 e. The van der Waals surface area contributed by atoms with Crippen molar-refractivity contribution >= 4 is 12.1 Å². The van der Waals surface area contributed by atoms with Gasteiger partial charge in [0.05, 0.1) is 0 Å². The number of nitrogens with zero attached hydrogens (tertiary/aromatic N) is 1. The van der Waals surface area contributed by atoms with Gasteiger partial charge in [0.25, 0.3) is 0 Å². The third-order valence-electron chi connectivity index (χ3n) is 1.62. The molecule has 0 aliphatic carbocycles. The number of carboxylic acids is 1. The lowest BCUT2D eigenvalue weighted by molar-refractivity contribution is -0.141. The molecule has 0 saturated heterocycles. The van der Waals surface area contributed by atoms with Crippen molar-refractivity contribution in [2.75, 3.05) is 7.05 Å². The highest BCUT2D eigenvalue weighted by molar-refractivity contribution is 5.79. The number of carboxylic acid groups (broad SMARTS) is 1. The molecular formula is C9H19NO4. The van der Waals surface area contributed by atoms with Crippen molar-refractivity contribution in [2.45, 2.75) is 39.3 Å². The molecule has 0 bridgehead atoms. The van der Waals surface area contributed by atoms with Crippen LogP contribution in [0.3, 0.4) is 0 Å². The number of aliphatic carboxylic acids is 1. The molecule has 0 saturated carbocycles. The Labute approximate surface area is 85.1 Å². The summed E-state index contributed by atoms with van der Waals surface area (Å²) in [6.45, 7) is 6.60. The molecule has 1 N–H and O–H groups in total. The summed E-state index contributed by atoms with van der Waals surface area (Å²) in [5.74, 6) is -1.06. The summed E-state index contributed by atoms with van der Waals surface area (Å²) < 4.78 is 4.99. The largest absolute Gasteiger partial charge is 0.480 e. The van der Waals surface area contributed by atoms with Crippen LogP contribution in [0.5, 0.6) is 0 Å². The predicted molar refractivity (Wildman–Crippen MR) is 53.2 cm³/mol. The Morgan fingerprint density at radius 2 is 1.86 bits per heavy atom. The van der Waals surface area contributed by atoms with Gasteiger partial charge in [-0.05, 0) is 27.7 Å². The van der Waals surface area contributed by atoms with E-state index in [0.717, 1.165) is 4.90 Å². The minimum Gasteiger partial charge on any atom is -0.480 e. The van der Waals surface area contributed by atoms with Crippen LogP contribution in [-0.4, -0.2) is 40.8 Å². The zero-order valence-corrected chi connectivity index (χ0v) is 9.20. The standard InChI is InChI=1S/C9H17NO4.H2/c1-6(7(11)12)10(5)8(13)14-9(2,3)4;/h6H,1-5H3,(H,11,12);1H. The van der Waals surface area contributed by atoms with Crippen molar-refractivity contribution in [3.63, 3.8) is 0 Å². The highest BCUT2D eigenvalue weighted by atomic mass is 16.6. The van der Waals surface area contributed by atoms with Crippen LogP contribution in [0.2, 0.25) is 0 Å². The molecule has 0 aliphatic rings. The minimum atomic E-state index is -1.06. The number of carbonyl (C=O) groups is 2. The van der Waals surface area contributed by atoms with E-state index < -0.39 is 23.7 Å². The summed E-state index contributed by atoms with van der Waals surface area (Å²) in [4.78, 5) is 23.0. The molecule has 84 valence electrons. The molecule has 0 fully saturated rings. The quantitative estimate of drug-likeness (QED) is 0.743. The molecule has 5 heteroatoms. The van der Waals surface area contributed by atoms with Gasteiger partial charge in [-0.3, -0.25) is 4.90 Å². The fraction of sp³-hybridized carbons (Fsp3) is 0.778. The zero-order chi connectivity index (χ0) is 11.5. The summed E-state index contributed by atoms with van der Waals surface area (Å²) in [5.41, 5.74) is -0.608. The van der Waals surface area contributed by atoms with Crippen molar-refractivity contribution in [3.05, 3.63) is 0 Å². The van der Waals surface area contributed by atoms with Gasteiger partial charge in [0.15, 0.2) is 0 Å². The van der Waals surface area contributed by atoms with Gasteiger partial charge in [-0.1, -0.05) is 0 Å². The summed E-state index contributed by atoms with van der Waals surface area (Å²) in [6.07, 6.45) is -0.632. The molecule has 0 aromatic carbocycles. The third kappa shape index (κ3) is 4.11. The molecule has 0 spiro atoms. The first-order valence-corrected chi connectivity index (χ1v) is 4.34. The molecule has 0 aliphatic heterocycles. The van der Waals surface area contributed by atoms with Crippen LogP contribution >= 0.6 is 0 Å². The maximum Gasteiger partial charge on any atom is 0.410 e. The lowest BCUT2D eigenvalue weighted by Crippen LogP contribution is -2.43. The third-order valence-corrected chi connectivity index (χ3v) is 1.62. The molecule has 1 amide bonds. The number of amides is 1. The molecule has 0 rings (SSSR count). The van der Waals surface area contributed by atoms with Crippen molar-refractivity contribution in [1.29, 1.82) is 0 Å². The van der Waals surface area contributed by atoms with Crippen molar-refractivity contribution in [3.8, 4) is 0 Å². The van der Waals surface area contributed by atoms with Gasteiger partial charge in [0, 0.05) is 8.47 Å². The van der Waals surface area contributed by atoms with Gasteiger partial charge >= 0.3 is 12.1 Å². The Balaban J connectivity index is 0. The average molecular weight is 205 g/mol. The Kier molecular flexibility index (Phi) is 3.92. The number of rotatable bonds is 2. The van der Waals surface area contributed by atoms with E-state index in [4.69, 9.17) is 9.84 Å². The first-order chi connectivity index (χ1) is 6.15. The van der Waals surface area contributed by atoms with Crippen LogP contribution in [0.15, 0.2) is 0 Å². The second kappa shape index (κ2) is 4.30. The van der Waals surface area contributed by atoms with Crippen LogP contribution in [0.4, 0.5) is 4.79 Å². The van der Waals surface area contributed by atoms with Crippen LogP contribution < -0.4 is 0 Å². The van der Waals surface area contributed by atoms with Crippen LogP contribution in [0.1, 0.15) is 29.1 Å². The SMILES string of the molecule is CC(C(=O)O)N(C)C(=O)OC(C)(C)C.[HH]. The van der Waals surface area contributed by atoms with Gasteiger partial charge in [0.1, 0.15) is 11.6 Å². The van der Waals surface area contributed by atoms with Gasteiger partial charge in [0.2, 0.25) is 0 Å². The Morgan fingerprint density at radius 3 is 2.14 bits per heavy atom. The predicted octanol–water partition coefficient (Wildman–Crippen LogP) is 1.57. The molecule has 0 radical (unpaired) electrons. The maximum atomic E-state index is 11.3. The first kappa shape index (κ1) is 12.7. The van der Waals surface area contributed by atoms with E-state index in [-0.39, 0.29) is 1.43 Å². The molecule has 1 unspecified atom stereocenters. The van der Waals surface area contributed by atoms with E-state index in [9.17, 15) is 9.59 Å². The number of likely N-dealkylation sites (N-methyl/N-ethyl adjacent to an activating group) is 1. The van der Waals surface area contributed by atoms with Gasteiger partial charge in [-0.25, -0.2) is 9.59 Å². The van der Waals surface area contributed by atoms with Gasteiger partial charge in [-0.2, -0.15) is 0 Å². The number of ether oxygens (including phenoxy) is 1. The van der Waals surface area contributed by atoms with Crippen molar-refractivity contribution in [1.82, 2.24) is 4.90 Å². The first-order valence-electron chi connectivity index (χ1n) is 4.34. The molecule has 5 nitrogen and oxygen atoms in total. The van der Waals surface area contributed by atoms with E-state index in [1.165, 1.54) is 14.0 Å². The lowest BCUT2D eigenvalue weighted by Gasteiger charge is -2.26. The summed E-state index contributed by atoms with van der Waals surface area (Å²) in [5, 5.41) is 8.65. The number of hydrogen-bond acceptors (Lipinski definition) is 3. The second-order valence-electron chi connectivity index (χ2n) is 4.11. The highest BCUT2D eigenvalue weighted by Gasteiger charge is 2.26. The molecular weight excluding hydrogens is 186 g/mol. The van der Waals surface area contributed by atoms with Gasteiger partial charge < -0.3 is 9.84 Å². The molecule has 1 atom stereocenters. The normalized spacial score (nSPS) is 13.2. The Hall–Kier alpha value is -1.26. The van der Waals surface area contributed by atoms with Gasteiger partial charge in [-0.15, -0.1) is 0 Å². The molecule has 0 heterocycles. The number of carbonyl (C=O) groups excluding carboxylic acids is 1. The highest BCUT2D eigenvalue weighted by Crippen LogP contribution is 2.10. The Morgan fingerprint density at radius 1 is 1.43 bits per heavy atom. The zero-order valence-electron chi connectivity index (χ0n) is 9.20. The van der Waals surface area contributed by atoms with E-state index in [0.29, 0.717) is 0 Å². The molecule has 0 aromatic heterocycles.